The fraction of sp³-hybridized carbons (Fsp3) is 0.207. The molecule has 0 bridgehead atoms. The Morgan fingerprint density at radius 3 is 2.54 bits per heavy atom. The molecule has 6 rings (SSSR count). The number of benzene rings is 3. The average Bonchev–Trinajstić information content (AvgIpc) is 3.52. The second-order valence-corrected chi connectivity index (χ2v) is 10.4. The van der Waals surface area contributed by atoms with Crippen LogP contribution < -0.4 is 5.32 Å². The molecular weight excluding hydrogens is 513 g/mol. The Labute approximate surface area is 228 Å². The molecule has 0 aliphatic rings. The number of carbonyl (C=O) groups is 1. The van der Waals surface area contributed by atoms with Gasteiger partial charge in [0.2, 0.25) is 5.91 Å². The number of imidazole rings is 1. The maximum atomic E-state index is 14.2. The van der Waals surface area contributed by atoms with Crippen LogP contribution in [0.1, 0.15) is 25.0 Å². The molecule has 3 aromatic carbocycles. The maximum absolute atomic E-state index is 14.2. The van der Waals surface area contributed by atoms with Crippen LogP contribution in [0.15, 0.2) is 78.0 Å². The van der Waals surface area contributed by atoms with Crippen LogP contribution in [0, 0.1) is 12.7 Å². The predicted molar refractivity (Wildman–Crippen MR) is 151 cm³/mol. The van der Waals surface area contributed by atoms with Crippen LogP contribution >= 0.6 is 11.8 Å². The molecule has 0 saturated carbocycles. The number of para-hydroxylation sites is 4. The number of amides is 1. The maximum Gasteiger partial charge on any atom is 0.238 e. The molecule has 10 heteroatoms. The van der Waals surface area contributed by atoms with Gasteiger partial charge in [0.15, 0.2) is 16.6 Å². The van der Waals surface area contributed by atoms with Crippen LogP contribution in [0.25, 0.3) is 27.6 Å². The highest BCUT2D eigenvalue weighted by Gasteiger charge is 2.23. The molecule has 0 aliphatic carbocycles. The second-order valence-electron chi connectivity index (χ2n) is 9.21. The standard InChI is InChI=1S/C29H26FN7OS/c1-3-25(28(38)32-22-13-7-5-11-20(22)30)39-29-33-21-12-6-4-10-19(21)27-34-26(35-37(27)29)16-17-36-18(2)31-23-14-8-9-15-24(23)36/h4-15,25H,3,16-17H2,1-2H3,(H,32,38)/t25-/m1/s1. The Balaban J connectivity index is 1.32. The summed E-state index contributed by atoms with van der Waals surface area (Å²) in [7, 11) is 0. The molecule has 1 N–H and O–H groups in total. The van der Waals surface area contributed by atoms with Gasteiger partial charge in [-0.05, 0) is 49.7 Å². The van der Waals surface area contributed by atoms with Crippen LogP contribution in [-0.2, 0) is 17.8 Å². The smallest absolute Gasteiger partial charge is 0.238 e. The highest BCUT2D eigenvalue weighted by Crippen LogP contribution is 2.29. The van der Waals surface area contributed by atoms with Crippen molar-refractivity contribution in [2.75, 3.05) is 5.32 Å². The first kappa shape index (κ1) is 25.0. The molecule has 3 aromatic heterocycles. The number of hydrogen-bond acceptors (Lipinski definition) is 6. The molecule has 0 saturated heterocycles. The summed E-state index contributed by atoms with van der Waals surface area (Å²) in [4.78, 5) is 27.5. The highest BCUT2D eigenvalue weighted by atomic mass is 32.2. The number of fused-ring (bicyclic) bond motifs is 4. The summed E-state index contributed by atoms with van der Waals surface area (Å²) in [6.07, 6.45) is 1.13. The molecule has 0 aliphatic heterocycles. The predicted octanol–water partition coefficient (Wildman–Crippen LogP) is 5.83. The fourth-order valence-corrected chi connectivity index (χ4v) is 5.64. The first-order valence-corrected chi connectivity index (χ1v) is 13.7. The van der Waals surface area contributed by atoms with Crippen LogP contribution in [0.4, 0.5) is 10.1 Å². The third-order valence-electron chi connectivity index (χ3n) is 6.64. The fourth-order valence-electron chi connectivity index (χ4n) is 4.67. The lowest BCUT2D eigenvalue weighted by atomic mass is 10.2. The number of aromatic nitrogens is 6. The minimum absolute atomic E-state index is 0.156. The molecule has 0 radical (unpaired) electrons. The molecule has 0 unspecified atom stereocenters. The lowest BCUT2D eigenvalue weighted by Crippen LogP contribution is -2.25. The molecule has 0 spiro atoms. The van der Waals surface area contributed by atoms with Gasteiger partial charge in [-0.3, -0.25) is 4.79 Å². The Hall–Kier alpha value is -4.31. The lowest BCUT2D eigenvalue weighted by molar-refractivity contribution is -0.115. The number of carbonyl (C=O) groups excluding carboxylic acids is 1. The summed E-state index contributed by atoms with van der Waals surface area (Å²) in [5.41, 5.74) is 3.66. The van der Waals surface area contributed by atoms with Crippen molar-refractivity contribution in [3.63, 3.8) is 0 Å². The van der Waals surface area contributed by atoms with Crippen LogP contribution in [0.2, 0.25) is 0 Å². The molecule has 196 valence electrons. The topological polar surface area (TPSA) is 90.0 Å². The summed E-state index contributed by atoms with van der Waals surface area (Å²) in [5, 5.41) is 8.46. The zero-order chi connectivity index (χ0) is 26.9. The number of nitrogens with one attached hydrogen (secondary N) is 1. The highest BCUT2D eigenvalue weighted by molar-refractivity contribution is 8.00. The van der Waals surface area contributed by atoms with E-state index in [1.54, 1.807) is 22.7 Å². The molecule has 6 aromatic rings. The van der Waals surface area contributed by atoms with Gasteiger partial charge in [0, 0.05) is 18.4 Å². The van der Waals surface area contributed by atoms with Gasteiger partial charge in [0.1, 0.15) is 11.6 Å². The quantitative estimate of drug-likeness (QED) is 0.193. The molecule has 0 fully saturated rings. The van der Waals surface area contributed by atoms with Crippen molar-refractivity contribution in [3.8, 4) is 0 Å². The zero-order valence-electron chi connectivity index (χ0n) is 21.5. The third kappa shape index (κ3) is 4.83. The van der Waals surface area contributed by atoms with E-state index in [0.29, 0.717) is 36.0 Å². The molecule has 39 heavy (non-hydrogen) atoms. The molecule has 1 atom stereocenters. The molecule has 8 nitrogen and oxygen atoms in total. The Morgan fingerprint density at radius 2 is 1.72 bits per heavy atom. The average molecular weight is 540 g/mol. The van der Waals surface area contributed by atoms with Gasteiger partial charge in [-0.15, -0.1) is 5.10 Å². The van der Waals surface area contributed by atoms with E-state index < -0.39 is 11.1 Å². The number of rotatable bonds is 8. The van der Waals surface area contributed by atoms with Crippen molar-refractivity contribution in [3.05, 3.63) is 90.3 Å². The van der Waals surface area contributed by atoms with Crippen molar-refractivity contribution in [1.29, 1.82) is 0 Å². The second kappa shape index (κ2) is 10.5. The van der Waals surface area contributed by atoms with Crippen LogP contribution in [0.5, 0.6) is 0 Å². The number of aryl methyl sites for hydroxylation is 3. The summed E-state index contributed by atoms with van der Waals surface area (Å²) in [5.74, 6) is 0.850. The van der Waals surface area contributed by atoms with Crippen molar-refractivity contribution < 1.29 is 9.18 Å². The van der Waals surface area contributed by atoms with E-state index in [-0.39, 0.29) is 11.6 Å². The minimum atomic E-state index is -0.505. The van der Waals surface area contributed by atoms with Crippen molar-refractivity contribution in [1.82, 2.24) is 29.1 Å². The summed E-state index contributed by atoms with van der Waals surface area (Å²) in [6.45, 7) is 4.60. The monoisotopic (exact) mass is 539 g/mol. The first-order valence-electron chi connectivity index (χ1n) is 12.8. The van der Waals surface area contributed by atoms with Gasteiger partial charge in [-0.2, -0.15) is 4.52 Å². The van der Waals surface area contributed by atoms with E-state index in [0.717, 1.165) is 27.8 Å². The molecule has 3 heterocycles. The van der Waals surface area contributed by atoms with Crippen molar-refractivity contribution in [2.24, 2.45) is 0 Å². The van der Waals surface area contributed by atoms with Crippen LogP contribution in [-0.4, -0.2) is 40.3 Å². The normalized spacial score (nSPS) is 12.4. The Morgan fingerprint density at radius 1 is 0.974 bits per heavy atom. The lowest BCUT2D eigenvalue weighted by Gasteiger charge is -2.15. The Bertz CT molecular complexity index is 1830. The number of hydrogen-bond donors (Lipinski definition) is 1. The van der Waals surface area contributed by atoms with Crippen LogP contribution in [0.3, 0.4) is 0 Å². The van der Waals surface area contributed by atoms with E-state index >= 15 is 0 Å². The van der Waals surface area contributed by atoms with Gasteiger partial charge in [-0.1, -0.05) is 55.1 Å². The van der Waals surface area contributed by atoms with Gasteiger partial charge in [-0.25, -0.2) is 19.3 Å². The largest absolute Gasteiger partial charge is 0.328 e. The van der Waals surface area contributed by atoms with Gasteiger partial charge < -0.3 is 9.88 Å². The van der Waals surface area contributed by atoms with E-state index in [1.807, 2.05) is 56.3 Å². The van der Waals surface area contributed by atoms with Crippen molar-refractivity contribution in [2.45, 2.75) is 43.6 Å². The first-order chi connectivity index (χ1) is 19.0. The summed E-state index contributed by atoms with van der Waals surface area (Å²) >= 11 is 1.30. The Kier molecular flexibility index (Phi) is 6.70. The molecular formula is C29H26FN7OS. The summed E-state index contributed by atoms with van der Waals surface area (Å²) < 4.78 is 18.0. The van der Waals surface area contributed by atoms with Gasteiger partial charge in [0.05, 0.1) is 27.5 Å². The number of halogens is 1. The van der Waals surface area contributed by atoms with E-state index in [1.165, 1.54) is 17.8 Å². The van der Waals surface area contributed by atoms with Gasteiger partial charge >= 0.3 is 0 Å². The van der Waals surface area contributed by atoms with Crippen molar-refractivity contribution >= 4 is 50.9 Å². The number of anilines is 1. The zero-order valence-corrected chi connectivity index (χ0v) is 22.3. The van der Waals surface area contributed by atoms with E-state index in [4.69, 9.17) is 15.1 Å². The molecule has 1 amide bonds. The van der Waals surface area contributed by atoms with Gasteiger partial charge in [0.25, 0.3) is 0 Å². The number of thioether (sulfide) groups is 1. The third-order valence-corrected chi connectivity index (χ3v) is 7.95. The number of nitrogens with zero attached hydrogens (tertiary/aromatic N) is 6. The summed E-state index contributed by atoms with van der Waals surface area (Å²) in [6, 6.07) is 22.0. The SMILES string of the molecule is CC[C@@H](Sc1nc2ccccc2c2nc(CCn3c(C)nc4ccccc43)nn12)C(=O)Nc1ccccc1F. The minimum Gasteiger partial charge on any atom is -0.328 e. The van der Waals surface area contributed by atoms with E-state index in [9.17, 15) is 9.18 Å². The van der Waals surface area contributed by atoms with E-state index in [2.05, 4.69) is 20.9 Å².